The highest BCUT2D eigenvalue weighted by Gasteiger charge is 1.81. The molecule has 1 aromatic rings. The van der Waals surface area contributed by atoms with Crippen molar-refractivity contribution in [2.24, 2.45) is 0 Å². The first-order chi connectivity index (χ1) is 5.70. The predicted octanol–water partition coefficient (Wildman–Crippen LogP) is 4.55. The van der Waals surface area contributed by atoms with Gasteiger partial charge in [0.1, 0.15) is 0 Å². The van der Waals surface area contributed by atoms with E-state index in [-0.39, 0.29) is 0 Å². The molecule has 0 nitrogen and oxygen atoms in total. The lowest BCUT2D eigenvalue weighted by Crippen LogP contribution is -1.66. The maximum Gasteiger partial charge on any atom is 0.0175 e. The van der Waals surface area contributed by atoms with Gasteiger partial charge in [-0.3, -0.25) is 0 Å². The fraction of sp³-hybridized carbons (Fsp3) is 0.400. The summed E-state index contributed by atoms with van der Waals surface area (Å²) in [6.45, 7) is 4.21. The van der Waals surface area contributed by atoms with E-state index in [1.54, 1.807) is 0 Å². The summed E-state index contributed by atoms with van der Waals surface area (Å²) in [5.74, 6) is 0. The van der Waals surface area contributed by atoms with Crippen molar-refractivity contribution in [2.45, 2.75) is 20.3 Å². The summed E-state index contributed by atoms with van der Waals surface area (Å²) >= 11 is 6.59. The molecule has 0 amide bonds. The summed E-state index contributed by atoms with van der Waals surface area (Å²) in [6.07, 6.45) is 1.24. The van der Waals surface area contributed by atoms with E-state index in [1.807, 2.05) is 12.1 Å². The molecule has 0 heterocycles. The normalized spacial score (nSPS) is 8.67. The van der Waals surface area contributed by atoms with E-state index < -0.39 is 0 Å². The van der Waals surface area contributed by atoms with Crippen LogP contribution in [0.2, 0.25) is 0 Å². The smallest absolute Gasteiger partial charge is 0.0175 e. The molecule has 0 aliphatic carbocycles. The summed E-state index contributed by atoms with van der Waals surface area (Å²) in [4.78, 5) is 0. The molecule has 2 heteroatoms. The first-order valence-corrected chi connectivity index (χ1v) is 5.90. The van der Waals surface area contributed by atoms with Crippen LogP contribution in [-0.4, -0.2) is 5.33 Å². The van der Waals surface area contributed by atoms with Crippen LogP contribution < -0.4 is 0 Å². The van der Waals surface area contributed by atoms with Crippen LogP contribution in [-0.2, 0) is 0 Å². The highest BCUT2D eigenvalue weighted by atomic mass is 79.9. The first kappa shape index (κ1) is 12.2. The molecular formula is C10H14Br2. The zero-order chi connectivity index (χ0) is 9.40. The van der Waals surface area contributed by atoms with Gasteiger partial charge in [-0.15, -0.1) is 0 Å². The molecule has 0 bridgehead atoms. The minimum atomic E-state index is 1.13. The molecule has 1 aromatic carbocycles. The second-order valence-corrected chi connectivity index (χ2v) is 4.19. The average molecular weight is 294 g/mol. The summed E-state index contributed by atoms with van der Waals surface area (Å²) in [7, 11) is 0. The molecule has 0 fully saturated rings. The minimum absolute atomic E-state index is 1.13. The lowest BCUT2D eigenvalue weighted by atomic mass is 10.2. The molecule has 0 radical (unpaired) electrons. The van der Waals surface area contributed by atoms with Gasteiger partial charge < -0.3 is 0 Å². The van der Waals surface area contributed by atoms with E-state index in [0.717, 1.165) is 9.80 Å². The molecule has 0 unspecified atom stereocenters. The molecule has 0 spiro atoms. The molecule has 0 aliphatic rings. The van der Waals surface area contributed by atoms with E-state index in [2.05, 4.69) is 57.8 Å². The van der Waals surface area contributed by atoms with E-state index in [0.29, 0.717) is 0 Å². The van der Waals surface area contributed by atoms with Gasteiger partial charge in [0.15, 0.2) is 0 Å². The van der Waals surface area contributed by atoms with Crippen LogP contribution in [0.25, 0.3) is 0 Å². The van der Waals surface area contributed by atoms with Gasteiger partial charge in [0, 0.05) is 9.80 Å². The Hall–Kier alpha value is 0.180. The third-order valence-corrected chi connectivity index (χ3v) is 2.52. The van der Waals surface area contributed by atoms with Crippen molar-refractivity contribution in [3.05, 3.63) is 34.3 Å². The van der Waals surface area contributed by atoms with Gasteiger partial charge in [0.25, 0.3) is 0 Å². The number of alkyl halides is 1. The van der Waals surface area contributed by atoms with Crippen molar-refractivity contribution in [2.75, 3.05) is 5.33 Å². The van der Waals surface area contributed by atoms with Gasteiger partial charge in [-0.25, -0.2) is 0 Å². The molecule has 0 saturated carbocycles. The van der Waals surface area contributed by atoms with Gasteiger partial charge in [0.2, 0.25) is 0 Å². The highest BCUT2D eigenvalue weighted by molar-refractivity contribution is 9.10. The number of benzene rings is 1. The fourth-order valence-electron chi connectivity index (χ4n) is 0.533. The number of rotatable bonds is 1. The molecule has 0 N–H and O–H groups in total. The van der Waals surface area contributed by atoms with Gasteiger partial charge >= 0.3 is 0 Å². The Morgan fingerprint density at radius 3 is 1.83 bits per heavy atom. The third-order valence-electron chi connectivity index (χ3n) is 1.20. The lowest BCUT2D eigenvalue weighted by molar-refractivity contribution is 1.12. The molecule has 68 valence electrons. The summed E-state index contributed by atoms with van der Waals surface area (Å²) in [6, 6.07) is 8.22. The Balaban J connectivity index is 0.000000261. The van der Waals surface area contributed by atoms with E-state index in [1.165, 1.54) is 12.0 Å². The number of halogens is 2. The van der Waals surface area contributed by atoms with Gasteiger partial charge in [-0.05, 0) is 25.5 Å². The SMILES string of the molecule is CCCBr.Cc1ccc(Br)cc1. The van der Waals surface area contributed by atoms with E-state index >= 15 is 0 Å². The highest BCUT2D eigenvalue weighted by Crippen LogP contribution is 2.08. The molecule has 1 rings (SSSR count). The van der Waals surface area contributed by atoms with Crippen LogP contribution in [0.15, 0.2) is 28.7 Å². The van der Waals surface area contributed by atoms with Crippen molar-refractivity contribution in [3.8, 4) is 0 Å². The number of hydrogen-bond donors (Lipinski definition) is 0. The van der Waals surface area contributed by atoms with Gasteiger partial charge in [0.05, 0.1) is 0 Å². The summed E-state index contributed by atoms with van der Waals surface area (Å²) in [5, 5.41) is 1.13. The Labute approximate surface area is 91.6 Å². The zero-order valence-corrected chi connectivity index (χ0v) is 10.7. The second kappa shape index (κ2) is 7.81. The second-order valence-electron chi connectivity index (χ2n) is 2.48. The first-order valence-electron chi connectivity index (χ1n) is 3.98. The van der Waals surface area contributed by atoms with Crippen LogP contribution in [0, 0.1) is 6.92 Å². The largest absolute Gasteiger partial charge is 0.0928 e. The topological polar surface area (TPSA) is 0 Å². The zero-order valence-electron chi connectivity index (χ0n) is 7.48. The number of aryl methyl sites for hydroxylation is 1. The maximum absolute atomic E-state index is 3.35. The number of hydrogen-bond acceptors (Lipinski definition) is 0. The van der Waals surface area contributed by atoms with Crippen LogP contribution in [0.1, 0.15) is 18.9 Å². The molecule has 0 aliphatic heterocycles. The van der Waals surface area contributed by atoms with Crippen molar-refractivity contribution >= 4 is 31.9 Å². The van der Waals surface area contributed by atoms with E-state index in [4.69, 9.17) is 0 Å². The Morgan fingerprint density at radius 2 is 1.58 bits per heavy atom. The lowest BCUT2D eigenvalue weighted by Gasteiger charge is -1.88. The van der Waals surface area contributed by atoms with Crippen molar-refractivity contribution in [1.29, 1.82) is 0 Å². The van der Waals surface area contributed by atoms with Crippen LogP contribution in [0.4, 0.5) is 0 Å². The minimum Gasteiger partial charge on any atom is -0.0928 e. The van der Waals surface area contributed by atoms with Crippen LogP contribution >= 0.6 is 31.9 Å². The average Bonchev–Trinajstić information content (AvgIpc) is 2.11. The standard InChI is InChI=1S/C7H7Br.C3H7Br/c1-6-2-4-7(8)5-3-6;1-2-3-4/h2-5H,1H3;2-3H2,1H3. The molecule has 0 atom stereocenters. The van der Waals surface area contributed by atoms with Crippen molar-refractivity contribution < 1.29 is 0 Å². The molecule has 12 heavy (non-hydrogen) atoms. The summed E-state index contributed by atoms with van der Waals surface area (Å²) in [5.41, 5.74) is 1.30. The van der Waals surface area contributed by atoms with Crippen molar-refractivity contribution in [1.82, 2.24) is 0 Å². The van der Waals surface area contributed by atoms with Gasteiger partial charge in [-0.2, -0.15) is 0 Å². The molecular weight excluding hydrogens is 280 g/mol. The molecule has 0 aromatic heterocycles. The fourth-order valence-corrected chi connectivity index (χ4v) is 0.798. The monoisotopic (exact) mass is 292 g/mol. The molecule has 0 saturated heterocycles. The Morgan fingerprint density at radius 1 is 1.17 bits per heavy atom. The summed E-state index contributed by atoms with van der Waals surface area (Å²) < 4.78 is 1.14. The Kier molecular flexibility index (Phi) is 7.93. The predicted molar refractivity (Wildman–Crippen MR) is 63.0 cm³/mol. The van der Waals surface area contributed by atoms with Crippen molar-refractivity contribution in [3.63, 3.8) is 0 Å². The van der Waals surface area contributed by atoms with Crippen LogP contribution in [0.3, 0.4) is 0 Å². The quantitative estimate of drug-likeness (QED) is 0.667. The Bertz CT molecular complexity index is 168. The van der Waals surface area contributed by atoms with E-state index in [9.17, 15) is 0 Å². The van der Waals surface area contributed by atoms with Gasteiger partial charge in [-0.1, -0.05) is 56.5 Å². The third kappa shape index (κ3) is 6.86. The van der Waals surface area contributed by atoms with Crippen LogP contribution in [0.5, 0.6) is 0 Å². The maximum atomic E-state index is 3.35.